The maximum Gasteiger partial charge on any atom is 0.208 e. The first-order valence-electron chi connectivity index (χ1n) is 6.05. The molecule has 92 valence electrons. The summed E-state index contributed by atoms with van der Waals surface area (Å²) in [7, 11) is 0. The van der Waals surface area contributed by atoms with E-state index >= 15 is 0 Å². The van der Waals surface area contributed by atoms with Gasteiger partial charge in [0.15, 0.2) is 0 Å². The van der Waals surface area contributed by atoms with Crippen LogP contribution in [0.4, 0.5) is 0 Å². The fraction of sp³-hybridized carbons (Fsp3) is 0.462. The maximum absolute atomic E-state index is 5.40. The van der Waals surface area contributed by atoms with Crippen molar-refractivity contribution in [2.24, 2.45) is 0 Å². The van der Waals surface area contributed by atoms with E-state index in [1.54, 1.807) is 6.20 Å². The largest absolute Gasteiger partial charge is 0.445 e. The van der Waals surface area contributed by atoms with Crippen molar-refractivity contribution in [3.8, 4) is 0 Å². The molecule has 0 bridgehead atoms. The van der Waals surface area contributed by atoms with Gasteiger partial charge < -0.3 is 14.3 Å². The molecule has 0 aromatic carbocycles. The van der Waals surface area contributed by atoms with Gasteiger partial charge in [-0.3, -0.25) is 0 Å². The molecule has 0 radical (unpaired) electrons. The standard InChI is InChI=1S/C13H19N3O/c1-3-6-16-7-4-5-12(16)9-14-10-13-15-8-11(2)17-13/h4-5,7-8,14H,3,6,9-10H2,1-2H3. The number of aryl methyl sites for hydroxylation is 2. The predicted octanol–water partition coefficient (Wildman–Crippen LogP) is 2.48. The summed E-state index contributed by atoms with van der Waals surface area (Å²) < 4.78 is 7.67. The van der Waals surface area contributed by atoms with Crippen LogP contribution in [0.15, 0.2) is 28.9 Å². The van der Waals surface area contributed by atoms with Crippen molar-refractivity contribution < 1.29 is 4.42 Å². The average molecular weight is 233 g/mol. The molecule has 2 rings (SSSR count). The predicted molar refractivity (Wildman–Crippen MR) is 66.5 cm³/mol. The fourth-order valence-corrected chi connectivity index (χ4v) is 1.85. The Morgan fingerprint density at radius 2 is 2.29 bits per heavy atom. The lowest BCUT2D eigenvalue weighted by Gasteiger charge is -2.08. The van der Waals surface area contributed by atoms with Crippen LogP contribution >= 0.6 is 0 Å². The number of aromatic nitrogens is 2. The van der Waals surface area contributed by atoms with E-state index in [1.807, 2.05) is 6.92 Å². The quantitative estimate of drug-likeness (QED) is 0.833. The van der Waals surface area contributed by atoms with Crippen LogP contribution < -0.4 is 5.32 Å². The van der Waals surface area contributed by atoms with Gasteiger partial charge in [0.05, 0.1) is 12.7 Å². The van der Waals surface area contributed by atoms with Crippen LogP contribution in [-0.4, -0.2) is 9.55 Å². The molecule has 0 aliphatic heterocycles. The molecule has 0 unspecified atom stereocenters. The summed E-state index contributed by atoms with van der Waals surface area (Å²) in [6, 6.07) is 4.23. The molecule has 0 saturated carbocycles. The summed E-state index contributed by atoms with van der Waals surface area (Å²) in [5, 5.41) is 3.34. The molecule has 17 heavy (non-hydrogen) atoms. The summed E-state index contributed by atoms with van der Waals surface area (Å²) in [4.78, 5) is 4.16. The van der Waals surface area contributed by atoms with Gasteiger partial charge in [0.25, 0.3) is 0 Å². The van der Waals surface area contributed by atoms with Crippen LogP contribution in [0.25, 0.3) is 0 Å². The van der Waals surface area contributed by atoms with Crippen LogP contribution in [0.1, 0.15) is 30.7 Å². The van der Waals surface area contributed by atoms with E-state index in [1.165, 1.54) is 5.69 Å². The van der Waals surface area contributed by atoms with Crippen molar-refractivity contribution >= 4 is 0 Å². The summed E-state index contributed by atoms with van der Waals surface area (Å²) in [5.41, 5.74) is 1.30. The Morgan fingerprint density at radius 1 is 1.41 bits per heavy atom. The number of oxazole rings is 1. The van der Waals surface area contributed by atoms with Gasteiger partial charge in [0.1, 0.15) is 5.76 Å². The van der Waals surface area contributed by atoms with Crippen LogP contribution in [0.3, 0.4) is 0 Å². The third-order valence-corrected chi connectivity index (χ3v) is 2.64. The molecule has 0 aliphatic carbocycles. The highest BCUT2D eigenvalue weighted by Gasteiger charge is 2.02. The first-order valence-corrected chi connectivity index (χ1v) is 6.05. The number of hydrogen-bond acceptors (Lipinski definition) is 3. The van der Waals surface area contributed by atoms with Crippen LogP contribution in [0, 0.1) is 6.92 Å². The molecule has 0 aliphatic rings. The van der Waals surface area contributed by atoms with E-state index < -0.39 is 0 Å². The van der Waals surface area contributed by atoms with Gasteiger partial charge in [-0.2, -0.15) is 0 Å². The number of nitrogens with one attached hydrogen (secondary N) is 1. The number of nitrogens with zero attached hydrogens (tertiary/aromatic N) is 2. The van der Waals surface area contributed by atoms with Crippen molar-refractivity contribution in [1.82, 2.24) is 14.9 Å². The molecular weight excluding hydrogens is 214 g/mol. The summed E-state index contributed by atoms with van der Waals surface area (Å²) in [6.45, 7) is 6.68. The van der Waals surface area contributed by atoms with Gasteiger partial charge in [-0.15, -0.1) is 0 Å². The molecule has 0 saturated heterocycles. The minimum absolute atomic E-state index is 0.672. The highest BCUT2D eigenvalue weighted by molar-refractivity contribution is 5.07. The first kappa shape index (κ1) is 11.9. The second-order valence-corrected chi connectivity index (χ2v) is 4.16. The lowest BCUT2D eigenvalue weighted by molar-refractivity contribution is 0.446. The molecule has 4 heteroatoms. The van der Waals surface area contributed by atoms with E-state index in [9.17, 15) is 0 Å². The van der Waals surface area contributed by atoms with E-state index in [0.29, 0.717) is 6.54 Å². The minimum Gasteiger partial charge on any atom is -0.445 e. The topological polar surface area (TPSA) is 43.0 Å². The highest BCUT2D eigenvalue weighted by Crippen LogP contribution is 2.05. The molecule has 4 nitrogen and oxygen atoms in total. The Balaban J connectivity index is 1.83. The zero-order chi connectivity index (χ0) is 12.1. The zero-order valence-electron chi connectivity index (χ0n) is 10.4. The smallest absolute Gasteiger partial charge is 0.208 e. The average Bonchev–Trinajstić information content (AvgIpc) is 2.90. The number of hydrogen-bond donors (Lipinski definition) is 1. The normalized spacial score (nSPS) is 10.9. The van der Waals surface area contributed by atoms with Crippen molar-refractivity contribution in [3.05, 3.63) is 41.9 Å². The lowest BCUT2D eigenvalue weighted by atomic mass is 10.4. The second kappa shape index (κ2) is 5.68. The second-order valence-electron chi connectivity index (χ2n) is 4.16. The van der Waals surface area contributed by atoms with E-state index in [4.69, 9.17) is 4.42 Å². The van der Waals surface area contributed by atoms with Gasteiger partial charge in [0, 0.05) is 25.0 Å². The third kappa shape index (κ3) is 3.20. The van der Waals surface area contributed by atoms with Gasteiger partial charge in [-0.05, 0) is 25.5 Å². The van der Waals surface area contributed by atoms with Crippen molar-refractivity contribution in [2.75, 3.05) is 0 Å². The molecule has 1 N–H and O–H groups in total. The van der Waals surface area contributed by atoms with Gasteiger partial charge >= 0.3 is 0 Å². The summed E-state index contributed by atoms with van der Waals surface area (Å²) >= 11 is 0. The van der Waals surface area contributed by atoms with Crippen LogP contribution in [-0.2, 0) is 19.6 Å². The van der Waals surface area contributed by atoms with Gasteiger partial charge in [-0.1, -0.05) is 6.92 Å². The van der Waals surface area contributed by atoms with Gasteiger partial charge in [0.2, 0.25) is 5.89 Å². The van der Waals surface area contributed by atoms with Gasteiger partial charge in [-0.25, -0.2) is 4.98 Å². The molecule has 0 spiro atoms. The van der Waals surface area contributed by atoms with E-state index in [0.717, 1.165) is 31.2 Å². The van der Waals surface area contributed by atoms with Crippen molar-refractivity contribution in [3.63, 3.8) is 0 Å². The molecule has 0 atom stereocenters. The highest BCUT2D eigenvalue weighted by atomic mass is 16.4. The number of rotatable bonds is 6. The molecular formula is C13H19N3O. The monoisotopic (exact) mass is 233 g/mol. The Kier molecular flexibility index (Phi) is 3.98. The zero-order valence-corrected chi connectivity index (χ0v) is 10.4. The SMILES string of the molecule is CCCn1cccc1CNCc1ncc(C)o1. The maximum atomic E-state index is 5.40. The molecule has 0 fully saturated rings. The fourth-order valence-electron chi connectivity index (χ4n) is 1.85. The van der Waals surface area contributed by atoms with Crippen molar-refractivity contribution in [2.45, 2.75) is 39.9 Å². The Hall–Kier alpha value is -1.55. The summed E-state index contributed by atoms with van der Waals surface area (Å²) in [5.74, 6) is 1.60. The molecule has 2 aromatic heterocycles. The Bertz CT molecular complexity index is 459. The minimum atomic E-state index is 0.672. The Labute approximate surface area is 102 Å². The third-order valence-electron chi connectivity index (χ3n) is 2.64. The first-order chi connectivity index (χ1) is 8.29. The van der Waals surface area contributed by atoms with Crippen molar-refractivity contribution in [1.29, 1.82) is 0 Å². The van der Waals surface area contributed by atoms with Crippen LogP contribution in [0.5, 0.6) is 0 Å². The molecule has 2 heterocycles. The molecule has 0 amide bonds. The van der Waals surface area contributed by atoms with E-state index in [2.05, 4.69) is 40.1 Å². The molecule has 2 aromatic rings. The van der Waals surface area contributed by atoms with E-state index in [-0.39, 0.29) is 0 Å². The Morgan fingerprint density at radius 3 is 3.00 bits per heavy atom. The lowest BCUT2D eigenvalue weighted by Crippen LogP contribution is -2.15. The summed E-state index contributed by atoms with van der Waals surface area (Å²) in [6.07, 6.45) is 5.02. The van der Waals surface area contributed by atoms with Crippen LogP contribution in [0.2, 0.25) is 0 Å².